The Morgan fingerprint density at radius 1 is 1.02 bits per heavy atom. The van der Waals surface area contributed by atoms with E-state index in [4.69, 9.17) is 19.3 Å². The van der Waals surface area contributed by atoms with Crippen molar-refractivity contribution >= 4 is 32.3 Å². The number of hydrogen-bond acceptors (Lipinski definition) is 10. The monoisotopic (exact) mass is 607 g/mol. The minimum atomic E-state index is -4.17. The highest BCUT2D eigenvalue weighted by atomic mass is 32.2. The molecule has 11 nitrogen and oxygen atoms in total. The number of aromatic nitrogens is 3. The number of unbranched alkanes of at least 4 members (excludes halogenated alkanes) is 1. The number of hydrogen-bond donors (Lipinski definition) is 3. The van der Waals surface area contributed by atoms with Gasteiger partial charge >= 0.3 is 6.01 Å². The molecular formula is C31H37N5O6S. The second-order valence-corrected chi connectivity index (χ2v) is 12.1. The number of sulfonamides is 1. The summed E-state index contributed by atoms with van der Waals surface area (Å²) in [4.78, 5) is 12.9. The first-order chi connectivity index (χ1) is 20.7. The van der Waals surface area contributed by atoms with Gasteiger partial charge in [0.05, 0.1) is 44.2 Å². The Balaban J connectivity index is 1.71. The number of methoxy groups -OCH3 is 2. The van der Waals surface area contributed by atoms with Crippen molar-refractivity contribution in [3.63, 3.8) is 0 Å². The van der Waals surface area contributed by atoms with Crippen LogP contribution in [0.3, 0.4) is 0 Å². The molecule has 12 heteroatoms. The molecule has 228 valence electrons. The van der Waals surface area contributed by atoms with Crippen LogP contribution >= 0.6 is 0 Å². The van der Waals surface area contributed by atoms with Crippen molar-refractivity contribution in [1.29, 1.82) is 0 Å². The molecule has 2 heterocycles. The Bertz CT molecular complexity index is 1720. The van der Waals surface area contributed by atoms with Gasteiger partial charge in [-0.05, 0) is 60.6 Å². The summed E-state index contributed by atoms with van der Waals surface area (Å²) in [5, 5.41) is 19.5. The van der Waals surface area contributed by atoms with Gasteiger partial charge in [-0.15, -0.1) is 0 Å². The molecule has 2 aromatic heterocycles. The van der Waals surface area contributed by atoms with E-state index in [-0.39, 0.29) is 29.1 Å². The number of nitrogens with two attached hydrogens (primary N) is 1. The van der Waals surface area contributed by atoms with Crippen LogP contribution in [0.25, 0.3) is 22.0 Å². The molecule has 0 aliphatic heterocycles. The maximum Gasteiger partial charge on any atom is 0.319 e. The fourth-order valence-electron chi connectivity index (χ4n) is 5.51. The van der Waals surface area contributed by atoms with Gasteiger partial charge in [-0.25, -0.2) is 18.5 Å². The first kappa shape index (κ1) is 30.5. The smallest absolute Gasteiger partial charge is 0.319 e. The van der Waals surface area contributed by atoms with Crippen LogP contribution in [-0.4, -0.2) is 49.3 Å². The lowest BCUT2D eigenvalue weighted by molar-refractivity contribution is 0.281. The number of primary sulfonamides is 1. The molecule has 0 bridgehead atoms. The number of aliphatic hydroxyl groups excluding tert-OH is 1. The lowest BCUT2D eigenvalue weighted by Crippen LogP contribution is -2.15. The summed E-state index contributed by atoms with van der Waals surface area (Å²) in [6.07, 6.45) is 9.04. The normalized spacial score (nSPS) is 13.8. The minimum Gasteiger partial charge on any atom is -0.493 e. The average molecular weight is 608 g/mol. The number of nitrogens with zero attached hydrogens (tertiary/aromatic N) is 3. The van der Waals surface area contributed by atoms with Crippen molar-refractivity contribution in [2.75, 3.05) is 26.1 Å². The largest absolute Gasteiger partial charge is 0.493 e. The highest BCUT2D eigenvalue weighted by molar-refractivity contribution is 7.89. The number of rotatable bonds is 12. The Morgan fingerprint density at radius 2 is 1.81 bits per heavy atom. The molecule has 1 aliphatic rings. The van der Waals surface area contributed by atoms with E-state index in [2.05, 4.69) is 27.2 Å². The van der Waals surface area contributed by atoms with Gasteiger partial charge in [-0.3, -0.25) is 4.98 Å². The van der Waals surface area contributed by atoms with Crippen LogP contribution in [0.1, 0.15) is 62.5 Å². The number of anilines is 2. The molecule has 0 unspecified atom stereocenters. The Morgan fingerprint density at radius 3 is 2.49 bits per heavy atom. The fourth-order valence-corrected chi connectivity index (χ4v) is 6.16. The number of pyridine rings is 1. The Labute approximate surface area is 251 Å². The maximum atomic E-state index is 12.8. The van der Waals surface area contributed by atoms with Gasteiger partial charge in [-0.1, -0.05) is 32.3 Å². The number of ether oxygens (including phenoxy) is 3. The van der Waals surface area contributed by atoms with Crippen molar-refractivity contribution in [2.45, 2.75) is 62.9 Å². The van der Waals surface area contributed by atoms with E-state index in [0.29, 0.717) is 46.0 Å². The summed E-state index contributed by atoms with van der Waals surface area (Å²) in [5.41, 5.74) is 4.42. The van der Waals surface area contributed by atoms with Crippen LogP contribution in [0.4, 0.5) is 11.4 Å². The molecule has 43 heavy (non-hydrogen) atoms. The number of fused-ring (bicyclic) bond motifs is 1. The summed E-state index contributed by atoms with van der Waals surface area (Å²) < 4.78 is 42.5. The van der Waals surface area contributed by atoms with E-state index in [1.54, 1.807) is 18.3 Å². The molecule has 1 aliphatic carbocycles. The molecule has 1 fully saturated rings. The van der Waals surface area contributed by atoms with Gasteiger partial charge in [0.25, 0.3) is 0 Å². The van der Waals surface area contributed by atoms with Crippen LogP contribution in [-0.2, 0) is 16.6 Å². The lowest BCUT2D eigenvalue weighted by atomic mass is 9.95. The Kier molecular flexibility index (Phi) is 9.28. The minimum absolute atomic E-state index is 0.140. The standard InChI is InChI=1S/C31H37N5O6S/c1-4-5-10-42-27-15-24-26(14-23(27)25-16-34-31(41-3)36-30(25)40-2)33-17-28(43(32,38)39)29(24)35-22-12-19(18-37)11-21(13-22)20-8-6-7-9-20/h11-17,20,37H,4-10,18H2,1-3H3,(H,33,35)(H2,32,38,39). The molecule has 5 rings (SSSR count). The van der Waals surface area contributed by atoms with E-state index >= 15 is 0 Å². The van der Waals surface area contributed by atoms with Crippen LogP contribution < -0.4 is 24.7 Å². The summed E-state index contributed by atoms with van der Waals surface area (Å²) in [7, 11) is -1.20. The zero-order valence-electron chi connectivity index (χ0n) is 24.6. The van der Waals surface area contributed by atoms with Crippen molar-refractivity contribution in [3.8, 4) is 28.8 Å². The van der Waals surface area contributed by atoms with Crippen LogP contribution in [0.2, 0.25) is 0 Å². The molecule has 2 aromatic carbocycles. The van der Waals surface area contributed by atoms with Gasteiger partial charge in [0.15, 0.2) is 0 Å². The van der Waals surface area contributed by atoms with E-state index in [0.717, 1.165) is 49.7 Å². The Hall–Kier alpha value is -4.00. The zero-order chi connectivity index (χ0) is 30.6. The van der Waals surface area contributed by atoms with Crippen molar-refractivity contribution in [2.24, 2.45) is 5.14 Å². The summed E-state index contributed by atoms with van der Waals surface area (Å²) >= 11 is 0. The quantitative estimate of drug-likeness (QED) is 0.177. The van der Waals surface area contributed by atoms with Crippen LogP contribution in [0.15, 0.2) is 47.6 Å². The average Bonchev–Trinajstić information content (AvgIpc) is 3.55. The van der Waals surface area contributed by atoms with Gasteiger partial charge in [0.1, 0.15) is 10.6 Å². The van der Waals surface area contributed by atoms with Crippen molar-refractivity contribution in [1.82, 2.24) is 15.0 Å². The highest BCUT2D eigenvalue weighted by Gasteiger charge is 2.24. The van der Waals surface area contributed by atoms with Gasteiger partial charge in [-0.2, -0.15) is 4.98 Å². The summed E-state index contributed by atoms with van der Waals surface area (Å²) in [5.74, 6) is 1.15. The molecule has 1 saturated carbocycles. The molecule has 4 aromatic rings. The molecule has 4 N–H and O–H groups in total. The third-order valence-electron chi connectivity index (χ3n) is 7.69. The third kappa shape index (κ3) is 6.66. The highest BCUT2D eigenvalue weighted by Crippen LogP contribution is 2.42. The molecule has 0 radical (unpaired) electrons. The molecule has 0 atom stereocenters. The molecular weight excluding hydrogens is 570 g/mol. The summed E-state index contributed by atoms with van der Waals surface area (Å²) in [6.45, 7) is 2.36. The van der Waals surface area contributed by atoms with E-state index in [1.807, 2.05) is 18.2 Å². The fraction of sp³-hybridized carbons (Fsp3) is 0.387. The van der Waals surface area contributed by atoms with Gasteiger partial charge in [0.2, 0.25) is 15.9 Å². The van der Waals surface area contributed by atoms with Gasteiger partial charge in [0, 0.05) is 29.0 Å². The zero-order valence-corrected chi connectivity index (χ0v) is 25.4. The SMILES string of the molecule is CCCCOc1cc2c(Nc3cc(CO)cc(C4CCCC4)c3)c(S(N)(=O)=O)cnc2cc1-c1cnc(OC)nc1OC. The third-order valence-corrected chi connectivity index (χ3v) is 8.61. The van der Waals surface area contributed by atoms with Crippen molar-refractivity contribution < 1.29 is 27.7 Å². The summed E-state index contributed by atoms with van der Waals surface area (Å²) in [6, 6.07) is 9.53. The molecule has 0 saturated heterocycles. The number of nitrogens with one attached hydrogen (secondary N) is 1. The maximum absolute atomic E-state index is 12.8. The first-order valence-corrected chi connectivity index (χ1v) is 15.9. The molecule has 0 spiro atoms. The molecule has 0 amide bonds. The van der Waals surface area contributed by atoms with Gasteiger partial charge < -0.3 is 24.6 Å². The topological polar surface area (TPSA) is 159 Å². The van der Waals surface area contributed by atoms with Crippen LogP contribution in [0.5, 0.6) is 17.6 Å². The predicted octanol–water partition coefficient (Wildman–Crippen LogP) is 5.43. The lowest BCUT2D eigenvalue weighted by Gasteiger charge is -2.19. The number of aliphatic hydroxyl groups is 1. The number of benzene rings is 2. The predicted molar refractivity (Wildman–Crippen MR) is 165 cm³/mol. The second-order valence-electron chi connectivity index (χ2n) is 10.6. The van der Waals surface area contributed by atoms with E-state index in [9.17, 15) is 13.5 Å². The van der Waals surface area contributed by atoms with Crippen LogP contribution in [0, 0.1) is 0 Å². The first-order valence-electron chi connectivity index (χ1n) is 14.3. The van der Waals surface area contributed by atoms with Crippen molar-refractivity contribution in [3.05, 3.63) is 53.9 Å². The second kappa shape index (κ2) is 13.1. The van der Waals surface area contributed by atoms with E-state index < -0.39 is 10.0 Å². The van der Waals surface area contributed by atoms with E-state index in [1.165, 1.54) is 20.4 Å².